The first-order chi connectivity index (χ1) is 10.1. The van der Waals surface area contributed by atoms with Gasteiger partial charge in [0.15, 0.2) is 0 Å². The van der Waals surface area contributed by atoms with Gasteiger partial charge in [-0.1, -0.05) is 35.9 Å². The summed E-state index contributed by atoms with van der Waals surface area (Å²) in [6.45, 7) is 0.749. The first kappa shape index (κ1) is 14.0. The van der Waals surface area contributed by atoms with Crippen LogP contribution in [0, 0.1) is 0 Å². The van der Waals surface area contributed by atoms with Gasteiger partial charge >= 0.3 is 0 Å². The van der Waals surface area contributed by atoms with E-state index in [1.807, 2.05) is 6.07 Å². The third-order valence-corrected chi connectivity index (χ3v) is 4.10. The number of hydrogen-bond donors (Lipinski definition) is 2. The number of carbonyl (C=O) groups excluding carboxylic acids is 1. The second-order valence-electron chi connectivity index (χ2n) is 5.39. The highest BCUT2D eigenvalue weighted by atomic mass is 35.5. The minimum atomic E-state index is -0.509. The lowest BCUT2D eigenvalue weighted by Gasteiger charge is -2.12. The molecule has 0 heterocycles. The molecule has 0 radical (unpaired) electrons. The first-order valence-corrected chi connectivity index (χ1v) is 7.44. The zero-order valence-electron chi connectivity index (χ0n) is 11.6. The minimum absolute atomic E-state index is 0.348. The highest BCUT2D eigenvalue weighted by molar-refractivity contribution is 6.34. The molecule has 0 spiro atoms. The molecule has 21 heavy (non-hydrogen) atoms. The van der Waals surface area contributed by atoms with Crippen molar-refractivity contribution in [2.45, 2.75) is 25.3 Å². The summed E-state index contributed by atoms with van der Waals surface area (Å²) >= 11 is 6.06. The van der Waals surface area contributed by atoms with E-state index < -0.39 is 5.91 Å². The summed E-state index contributed by atoms with van der Waals surface area (Å²) in [6, 6.07) is 13.7. The Morgan fingerprint density at radius 2 is 2.00 bits per heavy atom. The van der Waals surface area contributed by atoms with Crippen molar-refractivity contribution in [1.82, 2.24) is 0 Å². The summed E-state index contributed by atoms with van der Waals surface area (Å²) in [6.07, 6.45) is 2.58. The molecule has 0 unspecified atom stereocenters. The number of nitrogens with one attached hydrogen (secondary N) is 1. The smallest absolute Gasteiger partial charge is 0.250 e. The average Bonchev–Trinajstić information content (AvgIpc) is 3.29. The molecule has 4 heteroatoms. The molecule has 1 aliphatic rings. The number of anilines is 1. The van der Waals surface area contributed by atoms with Crippen molar-refractivity contribution < 1.29 is 4.79 Å². The largest absolute Gasteiger partial charge is 0.381 e. The summed E-state index contributed by atoms with van der Waals surface area (Å²) in [5.41, 5.74) is 9.23. The molecule has 1 saturated carbocycles. The normalized spacial score (nSPS) is 14.0. The molecule has 2 aromatic rings. The molecule has 3 N–H and O–H groups in total. The lowest BCUT2D eigenvalue weighted by Crippen LogP contribution is -2.11. The Morgan fingerprint density at radius 3 is 2.67 bits per heavy atom. The van der Waals surface area contributed by atoms with Crippen LogP contribution in [0.2, 0.25) is 5.02 Å². The van der Waals surface area contributed by atoms with Crippen molar-refractivity contribution in [1.29, 1.82) is 0 Å². The molecule has 0 bridgehead atoms. The van der Waals surface area contributed by atoms with Gasteiger partial charge in [-0.2, -0.15) is 0 Å². The Hall–Kier alpha value is -2.00. The standard InChI is InChI=1S/C17H17ClN2O/c18-16-9-13(7-8-15(16)17(19)21)20-10-12-3-1-2-4-14(12)11-5-6-11/h1-4,7-9,11,20H,5-6,10H2,(H2,19,21). The van der Waals surface area contributed by atoms with Crippen molar-refractivity contribution in [2.24, 2.45) is 5.73 Å². The van der Waals surface area contributed by atoms with Gasteiger partial charge in [-0.05, 0) is 48.1 Å². The predicted octanol–water partition coefficient (Wildman–Crippen LogP) is 3.93. The zero-order chi connectivity index (χ0) is 14.8. The zero-order valence-corrected chi connectivity index (χ0v) is 12.4. The lowest BCUT2D eigenvalue weighted by atomic mass is 10.0. The van der Waals surface area contributed by atoms with Crippen LogP contribution in [0.5, 0.6) is 0 Å². The van der Waals surface area contributed by atoms with Crippen molar-refractivity contribution >= 4 is 23.2 Å². The van der Waals surface area contributed by atoms with Crippen molar-refractivity contribution in [3.8, 4) is 0 Å². The van der Waals surface area contributed by atoms with E-state index in [0.29, 0.717) is 10.6 Å². The number of nitrogens with two attached hydrogens (primary N) is 1. The molecule has 108 valence electrons. The fraction of sp³-hybridized carbons (Fsp3) is 0.235. The lowest BCUT2D eigenvalue weighted by molar-refractivity contribution is 0.100. The van der Waals surface area contributed by atoms with E-state index in [4.69, 9.17) is 17.3 Å². The van der Waals surface area contributed by atoms with Gasteiger partial charge in [-0.3, -0.25) is 4.79 Å². The molecule has 0 aromatic heterocycles. The Morgan fingerprint density at radius 1 is 1.24 bits per heavy atom. The van der Waals surface area contributed by atoms with Gasteiger partial charge in [0.1, 0.15) is 0 Å². The number of hydrogen-bond acceptors (Lipinski definition) is 2. The summed E-state index contributed by atoms with van der Waals surface area (Å²) in [7, 11) is 0. The van der Waals surface area contributed by atoms with E-state index in [2.05, 4.69) is 29.6 Å². The van der Waals surface area contributed by atoms with Gasteiger partial charge in [0.25, 0.3) is 0 Å². The summed E-state index contributed by atoms with van der Waals surface area (Å²) in [5.74, 6) is 0.217. The molecule has 1 fully saturated rings. The van der Waals surface area contributed by atoms with Crippen LogP contribution in [-0.4, -0.2) is 5.91 Å². The van der Waals surface area contributed by atoms with E-state index >= 15 is 0 Å². The van der Waals surface area contributed by atoms with Gasteiger partial charge in [0.05, 0.1) is 10.6 Å². The maximum atomic E-state index is 11.2. The number of carbonyl (C=O) groups is 1. The van der Waals surface area contributed by atoms with Gasteiger partial charge in [-0.25, -0.2) is 0 Å². The third kappa shape index (κ3) is 3.19. The Bertz CT molecular complexity index is 680. The monoisotopic (exact) mass is 300 g/mol. The number of amides is 1. The van der Waals surface area contributed by atoms with Gasteiger partial charge < -0.3 is 11.1 Å². The molecule has 3 rings (SSSR count). The summed E-state index contributed by atoms with van der Waals surface area (Å²) < 4.78 is 0. The first-order valence-electron chi connectivity index (χ1n) is 7.06. The molecule has 0 atom stereocenters. The molecular weight excluding hydrogens is 284 g/mol. The van der Waals surface area contributed by atoms with Crippen molar-refractivity contribution in [2.75, 3.05) is 5.32 Å². The fourth-order valence-electron chi connectivity index (χ4n) is 2.51. The molecule has 1 amide bonds. The molecule has 3 nitrogen and oxygen atoms in total. The second-order valence-corrected chi connectivity index (χ2v) is 5.79. The minimum Gasteiger partial charge on any atom is -0.381 e. The number of primary amides is 1. The van der Waals surface area contributed by atoms with Gasteiger partial charge in [0, 0.05) is 12.2 Å². The number of benzene rings is 2. The van der Waals surface area contributed by atoms with Crippen LogP contribution in [0.1, 0.15) is 40.2 Å². The highest BCUT2D eigenvalue weighted by Crippen LogP contribution is 2.41. The van der Waals surface area contributed by atoms with Crippen LogP contribution in [0.15, 0.2) is 42.5 Å². The SMILES string of the molecule is NC(=O)c1ccc(NCc2ccccc2C2CC2)cc1Cl. The molecular formula is C17H17ClN2O. The molecule has 0 aliphatic heterocycles. The quantitative estimate of drug-likeness (QED) is 0.879. The fourth-order valence-corrected chi connectivity index (χ4v) is 2.78. The van der Waals surface area contributed by atoms with E-state index in [9.17, 15) is 4.79 Å². The van der Waals surface area contributed by atoms with Crippen LogP contribution >= 0.6 is 11.6 Å². The molecule has 2 aromatic carbocycles. The Labute approximate surface area is 129 Å². The van der Waals surface area contributed by atoms with E-state index in [0.717, 1.165) is 18.2 Å². The van der Waals surface area contributed by atoms with Crippen molar-refractivity contribution in [3.63, 3.8) is 0 Å². The summed E-state index contributed by atoms with van der Waals surface area (Å²) in [5, 5.41) is 3.73. The molecule has 1 aliphatic carbocycles. The summed E-state index contributed by atoms with van der Waals surface area (Å²) in [4.78, 5) is 11.2. The average molecular weight is 301 g/mol. The third-order valence-electron chi connectivity index (χ3n) is 3.79. The Balaban J connectivity index is 1.73. The van der Waals surface area contributed by atoms with Crippen molar-refractivity contribution in [3.05, 3.63) is 64.2 Å². The van der Waals surface area contributed by atoms with Gasteiger partial charge in [-0.15, -0.1) is 0 Å². The van der Waals surface area contributed by atoms with E-state index in [1.54, 1.807) is 12.1 Å². The van der Waals surface area contributed by atoms with Crippen LogP contribution in [0.25, 0.3) is 0 Å². The van der Waals surface area contributed by atoms with Gasteiger partial charge in [0.2, 0.25) is 5.91 Å². The van der Waals surface area contributed by atoms with Crippen LogP contribution in [0.4, 0.5) is 5.69 Å². The number of rotatable bonds is 5. The van der Waals surface area contributed by atoms with Crippen LogP contribution in [-0.2, 0) is 6.54 Å². The van der Waals surface area contributed by atoms with Crippen LogP contribution in [0.3, 0.4) is 0 Å². The highest BCUT2D eigenvalue weighted by Gasteiger charge is 2.25. The maximum Gasteiger partial charge on any atom is 0.250 e. The molecule has 0 saturated heterocycles. The second kappa shape index (κ2) is 5.78. The number of halogens is 1. The van der Waals surface area contributed by atoms with E-state index in [-0.39, 0.29) is 0 Å². The van der Waals surface area contributed by atoms with E-state index in [1.165, 1.54) is 24.0 Å². The predicted molar refractivity (Wildman–Crippen MR) is 85.7 cm³/mol. The van der Waals surface area contributed by atoms with Crippen LogP contribution < -0.4 is 11.1 Å². The topological polar surface area (TPSA) is 55.1 Å². The maximum absolute atomic E-state index is 11.2. The Kier molecular flexibility index (Phi) is 3.84.